The molecule has 0 fully saturated rings. The van der Waals surface area contributed by atoms with Crippen LogP contribution in [-0.4, -0.2) is 12.2 Å². The molecule has 1 aliphatic rings. The van der Waals surface area contributed by atoms with Gasteiger partial charge in [-0.3, -0.25) is 0 Å². The molecular weight excluding hydrogens is 152 g/mol. The lowest BCUT2D eigenvalue weighted by atomic mass is 9.87. The molecule has 0 saturated carbocycles. The number of aliphatic hydroxyl groups excluding tert-OH is 1. The van der Waals surface area contributed by atoms with Gasteiger partial charge in [-0.15, -0.1) is 0 Å². The maximum absolute atomic E-state index is 9.48. The van der Waals surface area contributed by atoms with Crippen LogP contribution in [0.4, 0.5) is 0 Å². The minimum absolute atomic E-state index is 0.363. The fourth-order valence-corrected chi connectivity index (χ4v) is 1.51. The van der Waals surface area contributed by atoms with Crippen molar-refractivity contribution in [2.24, 2.45) is 0 Å². The highest BCUT2D eigenvalue weighted by molar-refractivity contribution is 6.01. The van der Waals surface area contributed by atoms with Crippen LogP contribution < -0.4 is 4.74 Å². The van der Waals surface area contributed by atoms with Crippen LogP contribution in [0, 0.1) is 0 Å². The van der Waals surface area contributed by atoms with E-state index in [9.17, 15) is 5.11 Å². The van der Waals surface area contributed by atoms with Crippen LogP contribution in [0.3, 0.4) is 0 Å². The molecule has 0 heterocycles. The molecule has 0 unspecified atom stereocenters. The molecule has 0 aromatic heterocycles. The van der Waals surface area contributed by atoms with Gasteiger partial charge >= 0.3 is 0 Å². The fourth-order valence-electron chi connectivity index (χ4n) is 1.51. The summed E-state index contributed by atoms with van der Waals surface area (Å²) in [5, 5.41) is 9.48. The summed E-state index contributed by atoms with van der Waals surface area (Å²) in [6.07, 6.45) is 0. The van der Waals surface area contributed by atoms with Crippen molar-refractivity contribution in [1.29, 1.82) is 0 Å². The van der Waals surface area contributed by atoms with Gasteiger partial charge in [0.15, 0.2) is 0 Å². The summed E-state index contributed by atoms with van der Waals surface area (Å²) in [6, 6.07) is 5.75. The molecule has 1 aliphatic carbocycles. The van der Waals surface area contributed by atoms with Crippen LogP contribution in [0.5, 0.6) is 5.75 Å². The molecule has 0 radical (unpaired) electrons. The number of allylic oxidation sites excluding steroid dienone is 1. The number of fused-ring (bicyclic) bond motifs is 1. The van der Waals surface area contributed by atoms with E-state index in [1.54, 1.807) is 7.11 Å². The van der Waals surface area contributed by atoms with Crippen LogP contribution in [0.25, 0.3) is 11.3 Å². The fraction of sp³-hybridized carbons (Fsp3) is 0.200. The van der Waals surface area contributed by atoms with Crippen molar-refractivity contribution in [3.8, 4) is 5.75 Å². The lowest BCUT2D eigenvalue weighted by molar-refractivity contribution is 0.407. The third-order valence-electron chi connectivity index (χ3n) is 2.24. The van der Waals surface area contributed by atoms with Crippen molar-refractivity contribution in [3.05, 3.63) is 29.3 Å². The molecule has 1 aromatic carbocycles. The smallest absolute Gasteiger partial charge is 0.130 e. The third kappa shape index (κ3) is 0.694. The second-order valence-electron chi connectivity index (χ2n) is 2.86. The van der Waals surface area contributed by atoms with Crippen molar-refractivity contribution in [2.45, 2.75) is 6.92 Å². The Labute approximate surface area is 71.1 Å². The minimum Gasteiger partial charge on any atom is -0.507 e. The van der Waals surface area contributed by atoms with Gasteiger partial charge in [-0.05, 0) is 24.1 Å². The molecular formula is C10H10O2. The molecule has 0 atom stereocenters. The Bertz CT molecular complexity index is 364. The largest absolute Gasteiger partial charge is 0.507 e. The molecule has 1 aromatic rings. The van der Waals surface area contributed by atoms with Crippen molar-refractivity contribution in [1.82, 2.24) is 0 Å². The Morgan fingerprint density at radius 3 is 2.75 bits per heavy atom. The Morgan fingerprint density at radius 2 is 2.08 bits per heavy atom. The number of hydrogen-bond acceptors (Lipinski definition) is 2. The highest BCUT2D eigenvalue weighted by atomic mass is 16.5. The van der Waals surface area contributed by atoms with Gasteiger partial charge in [-0.2, -0.15) is 0 Å². The lowest BCUT2D eigenvalue weighted by Crippen LogP contribution is -2.05. The quantitative estimate of drug-likeness (QED) is 0.687. The van der Waals surface area contributed by atoms with Crippen molar-refractivity contribution in [2.75, 3.05) is 7.11 Å². The van der Waals surface area contributed by atoms with Gasteiger partial charge < -0.3 is 9.84 Å². The van der Waals surface area contributed by atoms with Gasteiger partial charge in [0, 0.05) is 0 Å². The number of benzene rings is 1. The maximum Gasteiger partial charge on any atom is 0.130 e. The van der Waals surface area contributed by atoms with E-state index in [4.69, 9.17) is 4.74 Å². The average Bonchev–Trinajstić information content (AvgIpc) is 2.15. The van der Waals surface area contributed by atoms with Gasteiger partial charge in [0.2, 0.25) is 0 Å². The van der Waals surface area contributed by atoms with Crippen molar-refractivity contribution in [3.63, 3.8) is 0 Å². The SMILES string of the molecule is COc1cccc2c1C(O)=C2C. The molecule has 0 saturated heterocycles. The Kier molecular flexibility index (Phi) is 1.37. The van der Waals surface area contributed by atoms with E-state index >= 15 is 0 Å². The van der Waals surface area contributed by atoms with Crippen LogP contribution in [0.15, 0.2) is 18.2 Å². The van der Waals surface area contributed by atoms with E-state index in [0.717, 1.165) is 22.4 Å². The van der Waals surface area contributed by atoms with E-state index in [2.05, 4.69) is 0 Å². The van der Waals surface area contributed by atoms with Crippen LogP contribution in [0.1, 0.15) is 18.1 Å². The molecule has 0 amide bonds. The van der Waals surface area contributed by atoms with Crippen LogP contribution in [0.2, 0.25) is 0 Å². The molecule has 0 aliphatic heterocycles. The van der Waals surface area contributed by atoms with Gasteiger partial charge in [0.1, 0.15) is 11.5 Å². The molecule has 1 N–H and O–H groups in total. The highest BCUT2D eigenvalue weighted by Crippen LogP contribution is 2.43. The van der Waals surface area contributed by atoms with Gasteiger partial charge in [0.25, 0.3) is 0 Å². The zero-order chi connectivity index (χ0) is 8.72. The maximum atomic E-state index is 9.48. The first-order chi connectivity index (χ1) is 5.75. The van der Waals surface area contributed by atoms with E-state index in [-0.39, 0.29) is 0 Å². The van der Waals surface area contributed by atoms with E-state index in [1.165, 1.54) is 0 Å². The predicted molar refractivity (Wildman–Crippen MR) is 48.1 cm³/mol. The van der Waals surface area contributed by atoms with Crippen molar-refractivity contribution >= 4 is 11.3 Å². The van der Waals surface area contributed by atoms with Crippen LogP contribution in [-0.2, 0) is 0 Å². The first-order valence-corrected chi connectivity index (χ1v) is 3.83. The molecule has 2 rings (SSSR count). The van der Waals surface area contributed by atoms with Gasteiger partial charge in [-0.25, -0.2) is 0 Å². The second kappa shape index (κ2) is 2.27. The monoisotopic (exact) mass is 162 g/mol. The summed E-state index contributed by atoms with van der Waals surface area (Å²) in [7, 11) is 1.61. The lowest BCUT2D eigenvalue weighted by Gasteiger charge is -2.22. The van der Waals surface area contributed by atoms with Gasteiger partial charge in [-0.1, -0.05) is 12.1 Å². The van der Waals surface area contributed by atoms with E-state index in [1.807, 2.05) is 25.1 Å². The predicted octanol–water partition coefficient (Wildman–Crippen LogP) is 2.45. The average molecular weight is 162 g/mol. The number of ether oxygens (including phenoxy) is 1. The van der Waals surface area contributed by atoms with E-state index < -0.39 is 0 Å². The normalized spacial score (nSPS) is 13.8. The minimum atomic E-state index is 0.363. The standard InChI is InChI=1S/C10H10O2/c1-6-7-4-3-5-8(12-2)9(7)10(6)11/h3-5,11H,1-2H3. The van der Waals surface area contributed by atoms with Gasteiger partial charge in [0.05, 0.1) is 12.7 Å². The first kappa shape index (κ1) is 7.22. The highest BCUT2D eigenvalue weighted by Gasteiger charge is 2.25. The zero-order valence-electron chi connectivity index (χ0n) is 7.09. The Hall–Kier alpha value is -1.44. The Balaban J connectivity index is 2.59. The number of rotatable bonds is 1. The van der Waals surface area contributed by atoms with Crippen LogP contribution >= 0.6 is 0 Å². The number of aliphatic hydroxyl groups is 1. The molecule has 0 bridgehead atoms. The third-order valence-corrected chi connectivity index (χ3v) is 2.24. The second-order valence-corrected chi connectivity index (χ2v) is 2.86. The molecule has 62 valence electrons. The zero-order valence-corrected chi connectivity index (χ0v) is 7.09. The van der Waals surface area contributed by atoms with E-state index in [0.29, 0.717) is 5.76 Å². The van der Waals surface area contributed by atoms with Crippen molar-refractivity contribution < 1.29 is 9.84 Å². The Morgan fingerprint density at radius 1 is 1.33 bits per heavy atom. The summed E-state index contributed by atoms with van der Waals surface area (Å²) in [5.74, 6) is 1.11. The molecule has 2 heteroatoms. The first-order valence-electron chi connectivity index (χ1n) is 3.83. The molecule has 12 heavy (non-hydrogen) atoms. The molecule has 0 spiro atoms. The summed E-state index contributed by atoms with van der Waals surface area (Å²) in [6.45, 7) is 1.90. The summed E-state index contributed by atoms with van der Waals surface area (Å²) >= 11 is 0. The summed E-state index contributed by atoms with van der Waals surface area (Å²) in [4.78, 5) is 0. The summed E-state index contributed by atoms with van der Waals surface area (Å²) < 4.78 is 5.10. The molecule has 2 nitrogen and oxygen atoms in total. The topological polar surface area (TPSA) is 29.5 Å². The number of methoxy groups -OCH3 is 1. The summed E-state index contributed by atoms with van der Waals surface area (Å²) in [5.41, 5.74) is 2.88. The number of hydrogen-bond donors (Lipinski definition) is 1.